The van der Waals surface area contributed by atoms with Crippen LogP contribution in [0.4, 0.5) is 19.3 Å². The lowest BCUT2D eigenvalue weighted by atomic mass is 10.0. The van der Waals surface area contributed by atoms with Gasteiger partial charge in [0.25, 0.3) is 5.92 Å². The van der Waals surface area contributed by atoms with E-state index in [-0.39, 0.29) is 36.9 Å². The van der Waals surface area contributed by atoms with Crippen LogP contribution in [0.5, 0.6) is 0 Å². The lowest BCUT2D eigenvalue weighted by molar-refractivity contribution is -0.143. The first-order chi connectivity index (χ1) is 15.6. The van der Waals surface area contributed by atoms with Gasteiger partial charge in [-0.05, 0) is 57.4 Å². The molecule has 6 nitrogen and oxygen atoms in total. The fraction of sp³-hybridized carbons (Fsp3) is 0.652. The van der Waals surface area contributed by atoms with Gasteiger partial charge < -0.3 is 20.0 Å². The third kappa shape index (κ3) is 5.54. The van der Waals surface area contributed by atoms with Gasteiger partial charge in [0.1, 0.15) is 6.04 Å². The van der Waals surface area contributed by atoms with E-state index >= 15 is 0 Å². The maximum atomic E-state index is 13.3. The van der Waals surface area contributed by atoms with E-state index in [1.54, 1.807) is 30.0 Å². The molecule has 33 heavy (non-hydrogen) atoms. The second kappa shape index (κ2) is 9.92. The number of carbonyl (C=O) groups excluding carboxylic acids is 2. The number of nitrogens with zero attached hydrogens (tertiary/aromatic N) is 3. The van der Waals surface area contributed by atoms with Crippen LogP contribution in [0.2, 0.25) is 10.0 Å². The van der Waals surface area contributed by atoms with Crippen LogP contribution >= 0.6 is 23.2 Å². The molecule has 3 saturated heterocycles. The number of alkyl halides is 2. The van der Waals surface area contributed by atoms with Crippen molar-refractivity contribution in [1.82, 2.24) is 14.7 Å². The van der Waals surface area contributed by atoms with Crippen molar-refractivity contribution in [3.05, 3.63) is 28.2 Å². The van der Waals surface area contributed by atoms with Crippen molar-refractivity contribution in [2.45, 2.75) is 69.5 Å². The van der Waals surface area contributed by atoms with Gasteiger partial charge in [0.2, 0.25) is 5.91 Å². The van der Waals surface area contributed by atoms with Crippen LogP contribution in [0.25, 0.3) is 0 Å². The van der Waals surface area contributed by atoms with E-state index in [0.29, 0.717) is 35.4 Å². The number of likely N-dealkylation sites (tertiary alicyclic amines) is 1. The Balaban J connectivity index is 1.30. The first kappa shape index (κ1) is 24.5. The van der Waals surface area contributed by atoms with Crippen molar-refractivity contribution in [1.29, 1.82) is 0 Å². The zero-order valence-electron chi connectivity index (χ0n) is 18.7. The molecule has 1 aromatic rings. The number of nitrogens with one attached hydrogen (secondary N) is 1. The van der Waals surface area contributed by atoms with Gasteiger partial charge in [-0.2, -0.15) is 0 Å². The molecule has 0 saturated carbocycles. The van der Waals surface area contributed by atoms with Crippen molar-refractivity contribution in [3.8, 4) is 0 Å². The number of piperazine rings is 1. The number of benzene rings is 1. The monoisotopic (exact) mass is 502 g/mol. The molecular weight excluding hydrogens is 473 g/mol. The molecule has 3 amide bonds. The molecule has 182 valence electrons. The third-order valence-corrected chi connectivity index (χ3v) is 7.88. The maximum Gasteiger partial charge on any atom is 0.322 e. The van der Waals surface area contributed by atoms with Gasteiger partial charge in [0, 0.05) is 50.2 Å². The van der Waals surface area contributed by atoms with E-state index < -0.39 is 12.0 Å². The average molecular weight is 503 g/mol. The number of hydrogen-bond donors (Lipinski definition) is 1. The van der Waals surface area contributed by atoms with Gasteiger partial charge in [0.15, 0.2) is 0 Å². The molecule has 3 heterocycles. The van der Waals surface area contributed by atoms with E-state index in [2.05, 4.69) is 10.2 Å². The number of halogens is 4. The minimum atomic E-state index is -2.52. The molecule has 3 atom stereocenters. The van der Waals surface area contributed by atoms with E-state index in [9.17, 15) is 18.4 Å². The summed E-state index contributed by atoms with van der Waals surface area (Å²) in [5, 5.41) is 3.56. The highest BCUT2D eigenvalue weighted by Crippen LogP contribution is 2.34. The van der Waals surface area contributed by atoms with Crippen molar-refractivity contribution in [2.24, 2.45) is 0 Å². The Labute approximate surface area is 203 Å². The van der Waals surface area contributed by atoms with Gasteiger partial charge in [-0.1, -0.05) is 23.2 Å². The number of piperidine rings is 1. The molecule has 10 heteroatoms. The summed E-state index contributed by atoms with van der Waals surface area (Å²) in [5.41, 5.74) is 0.524. The van der Waals surface area contributed by atoms with Crippen molar-refractivity contribution >= 4 is 40.8 Å². The van der Waals surface area contributed by atoms with Crippen LogP contribution in [0, 0.1) is 0 Å². The topological polar surface area (TPSA) is 55.9 Å². The highest BCUT2D eigenvalue weighted by atomic mass is 35.5. The summed E-state index contributed by atoms with van der Waals surface area (Å²) in [6.07, 6.45) is 3.36. The highest BCUT2D eigenvalue weighted by Gasteiger charge is 2.46. The minimum absolute atomic E-state index is 0.00642. The number of fused-ring (bicyclic) bond motifs is 1. The van der Waals surface area contributed by atoms with E-state index in [1.807, 2.05) is 4.90 Å². The Kier molecular flexibility index (Phi) is 7.36. The van der Waals surface area contributed by atoms with Crippen LogP contribution in [0.3, 0.4) is 0 Å². The summed E-state index contributed by atoms with van der Waals surface area (Å²) in [5.74, 6) is -2.56. The Bertz CT molecular complexity index is 893. The fourth-order valence-electron chi connectivity index (χ4n) is 5.20. The second-order valence-corrected chi connectivity index (χ2v) is 10.2. The summed E-state index contributed by atoms with van der Waals surface area (Å²) in [4.78, 5) is 31.7. The number of carbonyl (C=O) groups is 2. The predicted octanol–water partition coefficient (Wildman–Crippen LogP) is 5.10. The highest BCUT2D eigenvalue weighted by molar-refractivity contribution is 6.42. The third-order valence-electron chi connectivity index (χ3n) is 7.14. The molecule has 0 bridgehead atoms. The molecule has 0 aromatic heterocycles. The normalized spacial score (nSPS) is 27.5. The largest absolute Gasteiger partial charge is 0.333 e. The molecule has 3 unspecified atom stereocenters. The Hall–Kier alpha value is -1.64. The number of urea groups is 1. The molecule has 3 fully saturated rings. The van der Waals surface area contributed by atoms with Gasteiger partial charge in [-0.3, -0.25) is 4.79 Å². The summed E-state index contributed by atoms with van der Waals surface area (Å²) in [6, 6.07) is 4.13. The number of anilines is 1. The summed E-state index contributed by atoms with van der Waals surface area (Å²) in [6.45, 7) is 3.90. The fourth-order valence-corrected chi connectivity index (χ4v) is 5.50. The molecular formula is C23H30Cl2F2N4O2. The first-order valence-electron chi connectivity index (χ1n) is 11.6. The minimum Gasteiger partial charge on any atom is -0.333 e. The quantitative estimate of drug-likeness (QED) is 0.609. The number of amides is 3. The maximum absolute atomic E-state index is 13.3. The van der Waals surface area contributed by atoms with Crippen molar-refractivity contribution in [3.63, 3.8) is 0 Å². The summed E-state index contributed by atoms with van der Waals surface area (Å²) >= 11 is 12.0. The lowest BCUT2D eigenvalue weighted by Gasteiger charge is -2.43. The average Bonchev–Trinajstić information content (AvgIpc) is 3.17. The van der Waals surface area contributed by atoms with Crippen LogP contribution in [-0.4, -0.2) is 76.9 Å². The zero-order chi connectivity index (χ0) is 23.8. The standard InChI is InChI=1S/C23H30Cl2F2N4O2/c1-15-21(32)31-17(3-2-10-29-11-8-23(26,27)9-12-29)5-6-18(31)14-30(15)22(33)28-16-4-7-19(24)20(25)13-16/h4,7,13,15,17-18H,2-3,5-6,8-12,14H2,1H3,(H,28,33). The molecule has 0 aliphatic carbocycles. The Morgan fingerprint density at radius 3 is 2.61 bits per heavy atom. The lowest BCUT2D eigenvalue weighted by Crippen LogP contribution is -2.62. The Morgan fingerprint density at radius 1 is 1.18 bits per heavy atom. The molecule has 0 radical (unpaired) electrons. The number of hydrogen-bond acceptors (Lipinski definition) is 3. The second-order valence-electron chi connectivity index (χ2n) is 9.36. The van der Waals surface area contributed by atoms with E-state index in [4.69, 9.17) is 23.2 Å². The van der Waals surface area contributed by atoms with Crippen LogP contribution in [0.15, 0.2) is 18.2 Å². The summed E-state index contributed by atoms with van der Waals surface area (Å²) in [7, 11) is 0. The van der Waals surface area contributed by atoms with Gasteiger partial charge in [-0.25, -0.2) is 13.6 Å². The Morgan fingerprint density at radius 2 is 1.91 bits per heavy atom. The molecule has 3 aliphatic rings. The smallest absolute Gasteiger partial charge is 0.322 e. The molecule has 4 rings (SSSR count). The summed E-state index contributed by atoms with van der Waals surface area (Å²) < 4.78 is 26.7. The van der Waals surface area contributed by atoms with Crippen LogP contribution < -0.4 is 5.32 Å². The number of rotatable bonds is 5. The SMILES string of the molecule is CC1C(=O)N2C(CCCN3CCC(F)(F)CC3)CCC2CN1C(=O)Nc1ccc(Cl)c(Cl)c1. The van der Waals surface area contributed by atoms with Gasteiger partial charge in [0.05, 0.1) is 10.0 Å². The molecule has 0 spiro atoms. The van der Waals surface area contributed by atoms with E-state index in [1.165, 1.54) is 0 Å². The molecule has 1 N–H and O–H groups in total. The predicted molar refractivity (Wildman–Crippen MR) is 125 cm³/mol. The molecule has 3 aliphatic heterocycles. The van der Waals surface area contributed by atoms with Gasteiger partial charge >= 0.3 is 6.03 Å². The van der Waals surface area contributed by atoms with Gasteiger partial charge in [-0.15, -0.1) is 0 Å². The van der Waals surface area contributed by atoms with Crippen molar-refractivity contribution in [2.75, 3.05) is 31.5 Å². The van der Waals surface area contributed by atoms with E-state index in [0.717, 1.165) is 32.2 Å². The molecule has 1 aromatic carbocycles. The van der Waals surface area contributed by atoms with Crippen LogP contribution in [-0.2, 0) is 4.79 Å². The van der Waals surface area contributed by atoms with Crippen LogP contribution in [0.1, 0.15) is 45.4 Å². The van der Waals surface area contributed by atoms with Crippen molar-refractivity contribution < 1.29 is 18.4 Å². The zero-order valence-corrected chi connectivity index (χ0v) is 20.2. The first-order valence-corrected chi connectivity index (χ1v) is 12.4.